The zero-order valence-electron chi connectivity index (χ0n) is 17.0. The number of rotatable bonds is 6. The Morgan fingerprint density at radius 1 is 1.29 bits per heavy atom. The molecule has 3 heterocycles. The van der Waals surface area contributed by atoms with Crippen LogP contribution in [0.1, 0.15) is 48.8 Å². The molecule has 2 aromatic heterocycles. The molecule has 0 spiro atoms. The molecule has 0 bridgehead atoms. The van der Waals surface area contributed by atoms with E-state index < -0.39 is 0 Å². The van der Waals surface area contributed by atoms with Crippen LogP contribution in [-0.2, 0) is 9.53 Å². The number of piperidine rings is 1. The van der Waals surface area contributed by atoms with E-state index >= 15 is 0 Å². The number of likely N-dealkylation sites (tertiary alicyclic amines) is 1. The topological polar surface area (TPSA) is 75.6 Å². The summed E-state index contributed by atoms with van der Waals surface area (Å²) in [6.07, 6.45) is 3.15. The second kappa shape index (κ2) is 8.86. The smallest absolute Gasteiger partial charge is 0.310 e. The number of esters is 1. The van der Waals surface area contributed by atoms with Gasteiger partial charge >= 0.3 is 5.97 Å². The summed E-state index contributed by atoms with van der Waals surface area (Å²) >= 11 is 1.41. The maximum absolute atomic E-state index is 13.3. The van der Waals surface area contributed by atoms with Gasteiger partial charge in [0.05, 0.1) is 22.8 Å². The van der Waals surface area contributed by atoms with Crippen LogP contribution < -0.4 is 4.90 Å². The van der Waals surface area contributed by atoms with Crippen molar-refractivity contribution in [1.29, 1.82) is 0 Å². The number of thiophene rings is 1. The third-order valence-electron chi connectivity index (χ3n) is 5.29. The largest absolute Gasteiger partial charge is 0.466 e. The van der Waals surface area contributed by atoms with Gasteiger partial charge in [0.1, 0.15) is 17.0 Å². The monoisotopic (exact) mass is 404 g/mol. The number of carbonyl (C=O) groups is 2. The molecule has 0 saturated carbocycles. The molecule has 1 aliphatic rings. The van der Waals surface area contributed by atoms with Crippen molar-refractivity contribution < 1.29 is 14.3 Å². The second-order valence-electron chi connectivity index (χ2n) is 6.95. The molecule has 1 fully saturated rings. The molecular weight excluding hydrogens is 376 g/mol. The van der Waals surface area contributed by atoms with E-state index in [4.69, 9.17) is 4.74 Å². The summed E-state index contributed by atoms with van der Waals surface area (Å²) in [6, 6.07) is 0. The number of hydrogen-bond donors (Lipinski definition) is 0. The molecular formula is C20H28N4O3S. The Balaban J connectivity index is 1.91. The number of fused-ring (bicyclic) bond motifs is 1. The summed E-state index contributed by atoms with van der Waals surface area (Å²) in [4.78, 5) is 39.7. The highest BCUT2D eigenvalue weighted by Crippen LogP contribution is 2.36. The Morgan fingerprint density at radius 2 is 2.04 bits per heavy atom. The molecule has 0 aromatic carbocycles. The summed E-state index contributed by atoms with van der Waals surface area (Å²) in [5.41, 5.74) is 0.922. The van der Waals surface area contributed by atoms with Crippen molar-refractivity contribution in [2.45, 2.75) is 40.5 Å². The molecule has 2 aromatic rings. The van der Waals surface area contributed by atoms with Gasteiger partial charge in [-0.15, -0.1) is 11.3 Å². The minimum atomic E-state index is -0.238. The van der Waals surface area contributed by atoms with Gasteiger partial charge in [-0.1, -0.05) is 0 Å². The molecule has 0 aliphatic carbocycles. The lowest BCUT2D eigenvalue weighted by atomic mass is 9.98. The zero-order chi connectivity index (χ0) is 20.3. The summed E-state index contributed by atoms with van der Waals surface area (Å²) in [5, 5.41) is 0.957. The second-order valence-corrected chi connectivity index (χ2v) is 7.95. The van der Waals surface area contributed by atoms with Crippen LogP contribution in [0, 0.1) is 12.8 Å². The Morgan fingerprint density at radius 3 is 2.71 bits per heavy atom. The number of carbonyl (C=O) groups excluding carboxylic acids is 2. The van der Waals surface area contributed by atoms with E-state index in [-0.39, 0.29) is 17.8 Å². The molecule has 3 rings (SSSR count). The quantitative estimate of drug-likeness (QED) is 0.688. The van der Waals surface area contributed by atoms with E-state index in [1.807, 2.05) is 6.92 Å². The van der Waals surface area contributed by atoms with Gasteiger partial charge in [-0.25, -0.2) is 9.97 Å². The van der Waals surface area contributed by atoms with Crippen molar-refractivity contribution >= 4 is 39.2 Å². The zero-order valence-corrected chi connectivity index (χ0v) is 17.8. The van der Waals surface area contributed by atoms with Crippen molar-refractivity contribution in [2.75, 3.05) is 37.7 Å². The molecule has 0 radical (unpaired) electrons. The Labute approximate surface area is 169 Å². The van der Waals surface area contributed by atoms with E-state index in [2.05, 4.69) is 28.7 Å². The van der Waals surface area contributed by atoms with E-state index in [1.165, 1.54) is 11.3 Å². The number of aryl methyl sites for hydroxylation is 1. The van der Waals surface area contributed by atoms with Crippen molar-refractivity contribution in [3.63, 3.8) is 0 Å². The first kappa shape index (κ1) is 20.5. The Bertz CT molecular complexity index is 862. The van der Waals surface area contributed by atoms with Crippen LogP contribution >= 0.6 is 11.3 Å². The van der Waals surface area contributed by atoms with Crippen LogP contribution in [-0.4, -0.2) is 59.5 Å². The third-order valence-corrected chi connectivity index (χ3v) is 6.48. The van der Waals surface area contributed by atoms with Gasteiger partial charge in [0.15, 0.2) is 0 Å². The van der Waals surface area contributed by atoms with Crippen LogP contribution in [0.15, 0.2) is 6.33 Å². The first-order chi connectivity index (χ1) is 13.5. The molecule has 1 aliphatic heterocycles. The minimum Gasteiger partial charge on any atom is -0.466 e. The molecule has 28 heavy (non-hydrogen) atoms. The van der Waals surface area contributed by atoms with Crippen LogP contribution in [0.2, 0.25) is 0 Å². The van der Waals surface area contributed by atoms with Crippen LogP contribution in [0.3, 0.4) is 0 Å². The number of amides is 1. The molecule has 1 atom stereocenters. The highest BCUT2D eigenvalue weighted by atomic mass is 32.1. The fourth-order valence-corrected chi connectivity index (χ4v) is 4.89. The van der Waals surface area contributed by atoms with Gasteiger partial charge in [0.25, 0.3) is 5.91 Å². The summed E-state index contributed by atoms with van der Waals surface area (Å²) in [6.45, 7) is 11.1. The molecule has 0 N–H and O–H groups in total. The van der Waals surface area contributed by atoms with E-state index in [9.17, 15) is 9.59 Å². The predicted molar refractivity (Wildman–Crippen MR) is 111 cm³/mol. The highest BCUT2D eigenvalue weighted by Gasteiger charge is 2.32. The van der Waals surface area contributed by atoms with Crippen molar-refractivity contribution in [3.05, 3.63) is 16.8 Å². The van der Waals surface area contributed by atoms with Gasteiger partial charge in [-0.05, 0) is 46.1 Å². The number of anilines is 1. The normalized spacial score (nSPS) is 17.0. The van der Waals surface area contributed by atoms with Crippen molar-refractivity contribution in [1.82, 2.24) is 14.9 Å². The average Bonchev–Trinajstić information content (AvgIpc) is 3.06. The molecule has 1 amide bonds. The van der Waals surface area contributed by atoms with Gasteiger partial charge in [0, 0.05) is 26.2 Å². The predicted octanol–water partition coefficient (Wildman–Crippen LogP) is 3.26. The number of aromatic nitrogens is 2. The van der Waals surface area contributed by atoms with Gasteiger partial charge in [0.2, 0.25) is 0 Å². The third kappa shape index (κ3) is 3.83. The lowest BCUT2D eigenvalue weighted by Gasteiger charge is -2.31. The maximum atomic E-state index is 13.3. The number of nitrogens with zero attached hydrogens (tertiary/aromatic N) is 4. The highest BCUT2D eigenvalue weighted by molar-refractivity contribution is 7.20. The fourth-order valence-electron chi connectivity index (χ4n) is 3.78. The Hall–Kier alpha value is -2.22. The van der Waals surface area contributed by atoms with Crippen LogP contribution in [0.5, 0.6) is 0 Å². The molecule has 7 nitrogen and oxygen atoms in total. The summed E-state index contributed by atoms with van der Waals surface area (Å²) in [5.74, 6) is 0.409. The van der Waals surface area contributed by atoms with Crippen LogP contribution in [0.4, 0.5) is 5.82 Å². The molecule has 8 heteroatoms. The molecule has 1 unspecified atom stereocenters. The lowest BCUT2D eigenvalue weighted by molar-refractivity contribution is -0.149. The molecule has 1 saturated heterocycles. The standard InChI is InChI=1S/C20H28N4O3S/c1-5-23(6-2)17-15-13(4)16(28-18(15)22-12-21-17)19(25)24-10-8-9-14(11-24)20(26)27-7-3/h12,14H,5-11H2,1-4H3. The maximum Gasteiger partial charge on any atom is 0.310 e. The summed E-state index contributed by atoms with van der Waals surface area (Å²) in [7, 11) is 0. The first-order valence-electron chi connectivity index (χ1n) is 9.96. The first-order valence-corrected chi connectivity index (χ1v) is 10.8. The summed E-state index contributed by atoms with van der Waals surface area (Å²) < 4.78 is 5.16. The molecule has 152 valence electrons. The average molecular weight is 405 g/mol. The Kier molecular flexibility index (Phi) is 6.49. The van der Waals surface area contributed by atoms with Crippen LogP contribution in [0.25, 0.3) is 10.2 Å². The van der Waals surface area contributed by atoms with Gasteiger partial charge in [-0.3, -0.25) is 9.59 Å². The number of hydrogen-bond acceptors (Lipinski definition) is 7. The van der Waals surface area contributed by atoms with Gasteiger partial charge < -0.3 is 14.5 Å². The van der Waals surface area contributed by atoms with Crippen molar-refractivity contribution in [3.8, 4) is 0 Å². The fraction of sp³-hybridized carbons (Fsp3) is 0.600. The SMILES string of the molecule is CCOC(=O)C1CCCN(C(=O)c2sc3ncnc(N(CC)CC)c3c2C)C1. The van der Waals surface area contributed by atoms with E-state index in [1.54, 1.807) is 18.2 Å². The van der Waals surface area contributed by atoms with Gasteiger partial charge in [-0.2, -0.15) is 0 Å². The van der Waals surface area contributed by atoms with Crippen molar-refractivity contribution in [2.24, 2.45) is 5.92 Å². The lowest BCUT2D eigenvalue weighted by Crippen LogP contribution is -2.42. The minimum absolute atomic E-state index is 0.0278. The number of ether oxygens (including phenoxy) is 1. The van der Waals surface area contributed by atoms with E-state index in [0.29, 0.717) is 24.6 Å². The van der Waals surface area contributed by atoms with E-state index in [0.717, 1.165) is 47.5 Å².